The second-order valence-electron chi connectivity index (χ2n) is 8.70. The van der Waals surface area contributed by atoms with Crippen molar-refractivity contribution in [2.45, 2.75) is 55.4 Å². The monoisotopic (exact) mass is 374 g/mol. The molecule has 0 fully saturated rings. The van der Waals surface area contributed by atoms with Crippen LogP contribution in [0.2, 0.25) is 23.6 Å². The molecule has 0 amide bonds. The molecule has 0 spiro atoms. The van der Waals surface area contributed by atoms with E-state index in [2.05, 4.69) is 72.1 Å². The summed E-state index contributed by atoms with van der Waals surface area (Å²) in [5.74, 6) is -1.18. The molecule has 1 aliphatic carbocycles. The average molecular weight is 374 g/mol. The van der Waals surface area contributed by atoms with Crippen LogP contribution in [0.4, 0.5) is 0 Å². The molecule has 1 nitrogen and oxygen atoms in total. The van der Waals surface area contributed by atoms with E-state index in [0.717, 1.165) is 5.54 Å². The third-order valence-electron chi connectivity index (χ3n) is 4.84. The third kappa shape index (κ3) is 4.29. The zero-order valence-corrected chi connectivity index (χ0v) is 18.8. The number of benzene rings is 2. The summed E-state index contributed by atoms with van der Waals surface area (Å²) in [7, 11) is 0. The quantitative estimate of drug-likeness (QED) is 0.641. The first-order valence-corrected chi connectivity index (χ1v) is 17.4. The van der Waals surface area contributed by atoms with Crippen molar-refractivity contribution in [1.82, 2.24) is 0 Å². The van der Waals surface area contributed by atoms with Gasteiger partial charge in [-0.15, -0.1) is 0 Å². The number of hydrogen-bond acceptors (Lipinski definition) is 1. The Labute approximate surface area is 154 Å². The van der Waals surface area contributed by atoms with Gasteiger partial charge in [0.15, 0.2) is 0 Å². The molecule has 1 aliphatic rings. The summed E-state index contributed by atoms with van der Waals surface area (Å²) in [6.45, 7) is 11.1. The molecule has 2 aromatic carbocycles. The molecular weight excluding hydrogens is 342 g/mol. The van der Waals surface area contributed by atoms with Crippen LogP contribution >= 0.6 is 0 Å². The molecule has 2 aromatic rings. The summed E-state index contributed by atoms with van der Waals surface area (Å²) >= 11 is -0.892. The molecule has 0 heterocycles. The predicted molar refractivity (Wildman–Crippen MR) is 107 cm³/mol. The Balaban J connectivity index is 0.000000368. The van der Waals surface area contributed by atoms with Gasteiger partial charge in [0.05, 0.1) is 0 Å². The fourth-order valence-corrected chi connectivity index (χ4v) is 10.0. The van der Waals surface area contributed by atoms with Crippen LogP contribution in [0.15, 0.2) is 48.5 Å². The van der Waals surface area contributed by atoms with Crippen LogP contribution in [-0.2, 0) is 17.1 Å². The van der Waals surface area contributed by atoms with E-state index in [1.54, 1.807) is 11.1 Å². The molecular formula is C21H32NSiTi. The molecule has 129 valence electrons. The molecule has 3 rings (SSSR count). The molecule has 0 unspecified atom stereocenters. The summed E-state index contributed by atoms with van der Waals surface area (Å²) in [5, 5.41) is 5.13. The van der Waals surface area contributed by atoms with Gasteiger partial charge in [-0.1, -0.05) is 0 Å². The van der Waals surface area contributed by atoms with Gasteiger partial charge < -0.3 is 5.73 Å². The molecule has 0 aromatic heterocycles. The van der Waals surface area contributed by atoms with Crippen LogP contribution in [0.5, 0.6) is 0 Å². The minimum atomic E-state index is -1.18. The zero-order chi connectivity index (χ0) is 18.1. The van der Waals surface area contributed by atoms with E-state index in [1.807, 2.05) is 20.8 Å². The molecule has 0 saturated heterocycles. The van der Waals surface area contributed by atoms with E-state index in [-0.39, 0.29) is 5.54 Å². The molecule has 2 N–H and O–H groups in total. The SMILES string of the molecule is CC(C)(C)N.[CH3][Ti]([CH3])[Si](C)(C)C1c2ccccc2-c2ccccc21. The van der Waals surface area contributed by atoms with Crippen LogP contribution in [0.3, 0.4) is 0 Å². The van der Waals surface area contributed by atoms with Crippen molar-refractivity contribution in [2.24, 2.45) is 5.73 Å². The van der Waals surface area contributed by atoms with Crippen molar-refractivity contribution in [3.05, 3.63) is 59.7 Å². The third-order valence-corrected chi connectivity index (χ3v) is 22.9. The van der Waals surface area contributed by atoms with Crippen molar-refractivity contribution in [2.75, 3.05) is 0 Å². The first-order chi connectivity index (χ1) is 11.0. The van der Waals surface area contributed by atoms with Gasteiger partial charge in [-0.3, -0.25) is 0 Å². The van der Waals surface area contributed by atoms with Crippen LogP contribution in [0, 0.1) is 0 Å². The Hall–Kier alpha value is -0.669. The molecule has 0 aliphatic heterocycles. The summed E-state index contributed by atoms with van der Waals surface area (Å²) in [6, 6.07) is 18.2. The van der Waals surface area contributed by atoms with Crippen LogP contribution in [0.1, 0.15) is 37.4 Å². The molecule has 0 saturated carbocycles. The van der Waals surface area contributed by atoms with E-state index < -0.39 is 23.1 Å². The second kappa shape index (κ2) is 7.29. The number of fused-ring (bicyclic) bond motifs is 3. The average Bonchev–Trinajstić information content (AvgIpc) is 2.80. The fourth-order valence-electron chi connectivity index (χ4n) is 3.22. The van der Waals surface area contributed by atoms with Crippen LogP contribution < -0.4 is 5.73 Å². The number of rotatable bonds is 2. The standard InChI is InChI=1S/C15H15Si.C4H11N.2CH3.Ti/c1-16(2)15-13-9-5-3-7-11(13)12-8-4-6-10-14(12)15;1-4(2,3)5;;;/h3-10,15H,1-2H3;5H2,1-3H3;2*1H3;. The summed E-state index contributed by atoms with van der Waals surface area (Å²) in [4.78, 5) is 0. The van der Waals surface area contributed by atoms with E-state index in [0.29, 0.717) is 0 Å². The van der Waals surface area contributed by atoms with Gasteiger partial charge in [0.25, 0.3) is 0 Å². The first kappa shape index (κ1) is 19.7. The van der Waals surface area contributed by atoms with Crippen molar-refractivity contribution < 1.29 is 17.1 Å². The van der Waals surface area contributed by atoms with E-state index >= 15 is 0 Å². The van der Waals surface area contributed by atoms with Gasteiger partial charge in [0, 0.05) is 5.54 Å². The molecule has 0 bridgehead atoms. The van der Waals surface area contributed by atoms with Crippen molar-refractivity contribution in [3.8, 4) is 11.1 Å². The molecule has 24 heavy (non-hydrogen) atoms. The Morgan fingerprint density at radius 2 is 1.17 bits per heavy atom. The maximum atomic E-state index is 5.35. The maximum absolute atomic E-state index is 5.35. The van der Waals surface area contributed by atoms with Crippen LogP contribution in [-0.4, -0.2) is 11.5 Å². The van der Waals surface area contributed by atoms with E-state index in [1.165, 1.54) is 11.1 Å². The van der Waals surface area contributed by atoms with Crippen LogP contribution in [0.25, 0.3) is 11.1 Å². The summed E-state index contributed by atoms with van der Waals surface area (Å²) in [6.07, 6.45) is 0. The zero-order valence-electron chi connectivity index (χ0n) is 16.3. The first-order valence-electron chi connectivity index (χ1n) is 8.81. The Kier molecular flexibility index (Phi) is 5.97. The van der Waals surface area contributed by atoms with E-state index in [9.17, 15) is 0 Å². The normalized spacial score (nSPS) is 13.7. The summed E-state index contributed by atoms with van der Waals surface area (Å²) in [5.41, 5.74) is 12.3. The number of hydrogen-bond donors (Lipinski definition) is 1. The predicted octanol–water partition coefficient (Wildman–Crippen LogP) is 6.00. The molecule has 0 atom stereocenters. The summed E-state index contributed by atoms with van der Waals surface area (Å²) < 4.78 is 0. The molecule has 0 radical (unpaired) electrons. The van der Waals surface area contributed by atoms with Crippen molar-refractivity contribution in [1.29, 1.82) is 0 Å². The van der Waals surface area contributed by atoms with Crippen molar-refractivity contribution >= 4 is 5.94 Å². The van der Waals surface area contributed by atoms with Gasteiger partial charge in [-0.2, -0.15) is 0 Å². The molecule has 3 heteroatoms. The Morgan fingerprint density at radius 3 is 1.50 bits per heavy atom. The fraction of sp³-hybridized carbons (Fsp3) is 0.429. The number of nitrogens with two attached hydrogens (primary N) is 1. The van der Waals surface area contributed by atoms with Gasteiger partial charge in [-0.05, 0) is 20.8 Å². The van der Waals surface area contributed by atoms with Gasteiger partial charge in [-0.25, -0.2) is 0 Å². The van der Waals surface area contributed by atoms with Gasteiger partial charge in [0.1, 0.15) is 0 Å². The minimum absolute atomic E-state index is 0. The Morgan fingerprint density at radius 1 is 0.833 bits per heavy atom. The van der Waals surface area contributed by atoms with E-state index in [4.69, 9.17) is 5.73 Å². The second-order valence-corrected chi connectivity index (χ2v) is 26.0. The van der Waals surface area contributed by atoms with Gasteiger partial charge in [0.2, 0.25) is 0 Å². The van der Waals surface area contributed by atoms with Gasteiger partial charge >= 0.3 is 123 Å². The topological polar surface area (TPSA) is 26.0 Å². The van der Waals surface area contributed by atoms with Crippen molar-refractivity contribution in [3.63, 3.8) is 0 Å². The Bertz CT molecular complexity index is 649.